The largest absolute Gasteiger partial charge is 0.507 e. The number of aromatic hydroxyl groups is 3. The summed E-state index contributed by atoms with van der Waals surface area (Å²) in [5.41, 5.74) is 0.467. The summed E-state index contributed by atoms with van der Waals surface area (Å²) in [7, 11) is 1.20. The van der Waals surface area contributed by atoms with Crippen LogP contribution in [-0.2, 0) is 22.5 Å². The molecule has 5 rings (SSSR count). The number of carbonyl (C=O) groups is 1. The van der Waals surface area contributed by atoms with Crippen LogP contribution in [0.5, 0.6) is 28.7 Å². The molecule has 0 aliphatic carbocycles. The number of hydrogen-bond donors (Lipinski definition) is 4. The monoisotopic (exact) mass is 534 g/mol. The molecule has 39 heavy (non-hydrogen) atoms. The molecule has 0 spiro atoms. The van der Waals surface area contributed by atoms with Crippen LogP contribution in [0.2, 0.25) is 0 Å². The van der Waals surface area contributed by atoms with Crippen LogP contribution in [0.15, 0.2) is 52.1 Å². The van der Waals surface area contributed by atoms with E-state index in [1.807, 2.05) is 0 Å². The number of aromatic nitrogens is 2. The fourth-order valence-electron chi connectivity index (χ4n) is 4.83. The second-order valence-corrected chi connectivity index (χ2v) is 9.29. The summed E-state index contributed by atoms with van der Waals surface area (Å²) >= 11 is 0. The molecule has 1 aliphatic rings. The predicted octanol–water partition coefficient (Wildman–Crippen LogP) is 2.78. The summed E-state index contributed by atoms with van der Waals surface area (Å²) in [6.45, 7) is 1.87. The lowest BCUT2D eigenvalue weighted by Gasteiger charge is -2.20. The molecule has 1 aliphatic heterocycles. The van der Waals surface area contributed by atoms with E-state index in [1.165, 1.54) is 29.9 Å². The van der Waals surface area contributed by atoms with Gasteiger partial charge in [-0.1, -0.05) is 6.07 Å². The Balaban J connectivity index is 1.61. The molecule has 11 heteroatoms. The Morgan fingerprint density at radius 3 is 2.49 bits per heavy atom. The molecule has 2 aromatic heterocycles. The fraction of sp³-hybridized carbons (Fsp3) is 0.250. The lowest BCUT2D eigenvalue weighted by molar-refractivity contribution is -0.140. The van der Waals surface area contributed by atoms with Crippen molar-refractivity contribution in [1.82, 2.24) is 9.55 Å². The highest BCUT2D eigenvalue weighted by Crippen LogP contribution is 2.37. The third-order valence-corrected chi connectivity index (χ3v) is 6.88. The van der Waals surface area contributed by atoms with Gasteiger partial charge in [0.2, 0.25) is 6.79 Å². The smallest absolute Gasteiger partial charge is 0.306 e. The highest BCUT2D eigenvalue weighted by Gasteiger charge is 2.29. The Bertz CT molecular complexity index is 1720. The molecule has 0 bridgehead atoms. The number of H-pyrrole nitrogens is 1. The second-order valence-electron chi connectivity index (χ2n) is 9.29. The van der Waals surface area contributed by atoms with Crippen molar-refractivity contribution in [1.29, 1.82) is 0 Å². The average Bonchev–Trinajstić information content (AvgIpc) is 3.35. The van der Waals surface area contributed by atoms with Crippen molar-refractivity contribution in [2.24, 2.45) is 0 Å². The number of fused-ring (bicyclic) bond motifs is 2. The Morgan fingerprint density at radius 1 is 1.03 bits per heavy atom. The van der Waals surface area contributed by atoms with Gasteiger partial charge >= 0.3 is 5.97 Å². The van der Waals surface area contributed by atoms with Crippen LogP contribution >= 0.6 is 0 Å². The normalized spacial score (nSPS) is 13.0. The second kappa shape index (κ2) is 10.1. The standard InChI is InChI=1S/C28H26N2O9/c1-14-7-22(33)26(28(36)30(14)6-5-15-3-4-20(31)21(32)8-15)17(11-25(34)37-2)18-9-16-10-23-24(39-13-38-23)12-19(16)29-27(18)35/h3-4,7-10,12,17,31-33H,5-6,11,13H2,1-2H3,(H,29,35)/t17-/m0/s1. The van der Waals surface area contributed by atoms with Gasteiger partial charge in [0.15, 0.2) is 23.0 Å². The first-order valence-electron chi connectivity index (χ1n) is 12.1. The van der Waals surface area contributed by atoms with E-state index in [-0.39, 0.29) is 48.1 Å². The number of nitrogens with one attached hydrogen (secondary N) is 1. The minimum atomic E-state index is -1.12. The number of rotatable bonds is 7. The van der Waals surface area contributed by atoms with E-state index in [9.17, 15) is 29.7 Å². The molecule has 3 heterocycles. The quantitative estimate of drug-likeness (QED) is 0.206. The fourth-order valence-corrected chi connectivity index (χ4v) is 4.83. The van der Waals surface area contributed by atoms with Gasteiger partial charge in [-0.3, -0.25) is 14.4 Å². The molecule has 202 valence electrons. The van der Waals surface area contributed by atoms with Gasteiger partial charge in [-0.2, -0.15) is 0 Å². The van der Waals surface area contributed by atoms with Gasteiger partial charge in [0, 0.05) is 35.2 Å². The zero-order valence-electron chi connectivity index (χ0n) is 21.2. The minimum absolute atomic E-state index is 0.0499. The number of benzene rings is 2. The van der Waals surface area contributed by atoms with Gasteiger partial charge in [-0.25, -0.2) is 0 Å². The van der Waals surface area contributed by atoms with Crippen molar-refractivity contribution in [2.45, 2.75) is 32.2 Å². The van der Waals surface area contributed by atoms with Gasteiger partial charge in [-0.15, -0.1) is 0 Å². The molecule has 2 aromatic carbocycles. The maximum absolute atomic E-state index is 13.8. The van der Waals surface area contributed by atoms with Crippen LogP contribution in [0.4, 0.5) is 0 Å². The lowest BCUT2D eigenvalue weighted by Crippen LogP contribution is -2.31. The van der Waals surface area contributed by atoms with Crippen LogP contribution in [-0.4, -0.2) is 44.7 Å². The molecule has 11 nitrogen and oxygen atoms in total. The molecule has 1 atom stereocenters. The number of aryl methyl sites for hydroxylation is 2. The van der Waals surface area contributed by atoms with Gasteiger partial charge in [0.25, 0.3) is 11.1 Å². The minimum Gasteiger partial charge on any atom is -0.507 e. The third kappa shape index (κ3) is 4.86. The molecular formula is C28H26N2O9. The maximum atomic E-state index is 13.8. The molecule has 0 saturated heterocycles. The number of hydrogen-bond acceptors (Lipinski definition) is 9. The average molecular weight is 535 g/mol. The van der Waals surface area contributed by atoms with Gasteiger partial charge in [-0.05, 0) is 49.2 Å². The van der Waals surface area contributed by atoms with E-state index in [2.05, 4.69) is 4.98 Å². The molecule has 0 unspecified atom stereocenters. The Morgan fingerprint density at radius 2 is 1.77 bits per heavy atom. The first-order valence-corrected chi connectivity index (χ1v) is 12.1. The predicted molar refractivity (Wildman–Crippen MR) is 140 cm³/mol. The van der Waals surface area contributed by atoms with Crippen LogP contribution in [0.1, 0.15) is 34.7 Å². The Labute approximate surface area is 221 Å². The van der Waals surface area contributed by atoms with Gasteiger partial charge < -0.3 is 39.1 Å². The summed E-state index contributed by atoms with van der Waals surface area (Å²) in [6.07, 6.45) is -0.0441. The van der Waals surface area contributed by atoms with E-state index < -0.39 is 23.0 Å². The topological polar surface area (TPSA) is 160 Å². The number of phenols is 2. The van der Waals surface area contributed by atoms with Crippen LogP contribution in [0.25, 0.3) is 10.9 Å². The van der Waals surface area contributed by atoms with E-state index in [4.69, 9.17) is 14.2 Å². The van der Waals surface area contributed by atoms with Crippen molar-refractivity contribution in [3.8, 4) is 28.7 Å². The number of aromatic amines is 1. The highest BCUT2D eigenvalue weighted by molar-refractivity contribution is 5.84. The van der Waals surface area contributed by atoms with Crippen molar-refractivity contribution in [3.63, 3.8) is 0 Å². The van der Waals surface area contributed by atoms with E-state index in [0.29, 0.717) is 40.1 Å². The van der Waals surface area contributed by atoms with Gasteiger partial charge in [0.05, 0.1) is 24.6 Å². The summed E-state index contributed by atoms with van der Waals surface area (Å²) < 4.78 is 17.1. The first kappa shape index (κ1) is 25.7. The summed E-state index contributed by atoms with van der Waals surface area (Å²) in [4.78, 5) is 42.2. The number of esters is 1. The Kier molecular flexibility index (Phi) is 6.65. The van der Waals surface area contributed by atoms with E-state index in [0.717, 1.165) is 0 Å². The molecule has 0 fully saturated rings. The Hall–Kier alpha value is -4.93. The van der Waals surface area contributed by atoms with Crippen molar-refractivity contribution >= 4 is 16.9 Å². The molecule has 4 N–H and O–H groups in total. The van der Waals surface area contributed by atoms with Gasteiger partial charge in [0.1, 0.15) is 5.75 Å². The summed E-state index contributed by atoms with van der Waals surface area (Å²) in [5.74, 6) is -1.70. The summed E-state index contributed by atoms with van der Waals surface area (Å²) in [5, 5.41) is 30.9. The van der Waals surface area contributed by atoms with Crippen LogP contribution < -0.4 is 20.6 Å². The maximum Gasteiger partial charge on any atom is 0.306 e. The number of nitrogens with zero attached hydrogens (tertiary/aromatic N) is 1. The zero-order valence-corrected chi connectivity index (χ0v) is 21.2. The van der Waals surface area contributed by atoms with Crippen molar-refractivity contribution in [2.75, 3.05) is 13.9 Å². The van der Waals surface area contributed by atoms with Crippen molar-refractivity contribution in [3.05, 3.63) is 85.6 Å². The highest BCUT2D eigenvalue weighted by atomic mass is 16.7. The molecule has 0 saturated carbocycles. The number of phenolic OH excluding ortho intramolecular Hbond substituents is 2. The molecule has 0 amide bonds. The van der Waals surface area contributed by atoms with E-state index >= 15 is 0 Å². The molecular weight excluding hydrogens is 508 g/mol. The number of methoxy groups -OCH3 is 1. The molecule has 4 aromatic rings. The number of pyridine rings is 2. The van der Waals surface area contributed by atoms with Crippen LogP contribution in [0, 0.1) is 6.92 Å². The SMILES string of the molecule is COC(=O)C[C@@H](c1cc2cc3c(cc2[nH]c1=O)OCO3)c1c(O)cc(C)n(CCc2ccc(O)c(O)c2)c1=O. The molecule has 0 radical (unpaired) electrons. The van der Waals surface area contributed by atoms with Crippen LogP contribution in [0.3, 0.4) is 0 Å². The first-order chi connectivity index (χ1) is 18.7. The zero-order chi connectivity index (χ0) is 27.8. The number of carbonyl (C=O) groups excluding carboxylic acids is 1. The van der Waals surface area contributed by atoms with E-state index in [1.54, 1.807) is 31.2 Å². The number of ether oxygens (including phenoxy) is 3. The summed E-state index contributed by atoms with van der Waals surface area (Å²) in [6, 6.07) is 10.7. The lowest BCUT2D eigenvalue weighted by atomic mass is 9.88. The third-order valence-electron chi connectivity index (χ3n) is 6.88. The van der Waals surface area contributed by atoms with Crippen molar-refractivity contribution < 1.29 is 34.3 Å².